The Morgan fingerprint density at radius 3 is 2.29 bits per heavy atom. The fourth-order valence-electron chi connectivity index (χ4n) is 2.84. The Kier molecular flexibility index (Phi) is 4.40. The molecule has 0 aromatic carbocycles. The highest BCUT2D eigenvalue weighted by atomic mass is 16.2. The maximum Gasteiger partial charge on any atom is 0.239 e. The van der Waals surface area contributed by atoms with E-state index in [-0.39, 0.29) is 6.04 Å². The summed E-state index contributed by atoms with van der Waals surface area (Å²) < 4.78 is 0. The summed E-state index contributed by atoms with van der Waals surface area (Å²) in [5.41, 5.74) is 5.89. The highest BCUT2D eigenvalue weighted by Crippen LogP contribution is 2.16. The molecule has 2 aliphatic heterocycles. The number of amides is 1. The van der Waals surface area contributed by atoms with Gasteiger partial charge in [-0.3, -0.25) is 9.69 Å². The summed E-state index contributed by atoms with van der Waals surface area (Å²) in [4.78, 5) is 16.7. The van der Waals surface area contributed by atoms with Crippen molar-refractivity contribution in [1.82, 2.24) is 9.80 Å². The van der Waals surface area contributed by atoms with Gasteiger partial charge in [0, 0.05) is 32.2 Å². The molecular weight excluding hydrogens is 214 g/mol. The maximum absolute atomic E-state index is 12.3. The Hall–Kier alpha value is -0.610. The number of hydrogen-bond donors (Lipinski definition) is 1. The van der Waals surface area contributed by atoms with Crippen LogP contribution < -0.4 is 5.73 Å². The fourth-order valence-corrected chi connectivity index (χ4v) is 2.84. The molecule has 0 saturated carbocycles. The number of nitrogens with zero attached hydrogens (tertiary/aromatic N) is 2. The third-order valence-corrected chi connectivity index (χ3v) is 4.15. The monoisotopic (exact) mass is 239 g/mol. The molecule has 0 aromatic rings. The maximum atomic E-state index is 12.3. The standard InChI is InChI=1S/C13H25N3O/c1-11(15-9-5-12(14)6-10-15)13(17)16-7-3-2-4-8-16/h11-12H,2-10,14H2,1H3. The molecule has 1 atom stereocenters. The smallest absolute Gasteiger partial charge is 0.239 e. The van der Waals surface area contributed by atoms with Crippen LogP contribution in [0.1, 0.15) is 39.0 Å². The van der Waals surface area contributed by atoms with Gasteiger partial charge < -0.3 is 10.6 Å². The van der Waals surface area contributed by atoms with Crippen LogP contribution in [0.15, 0.2) is 0 Å². The molecule has 2 rings (SSSR count). The number of nitrogens with two attached hydrogens (primary N) is 1. The van der Waals surface area contributed by atoms with Gasteiger partial charge in [-0.25, -0.2) is 0 Å². The van der Waals surface area contributed by atoms with Crippen molar-refractivity contribution in [2.45, 2.75) is 51.1 Å². The minimum atomic E-state index is 0.0422. The van der Waals surface area contributed by atoms with Gasteiger partial charge in [0.15, 0.2) is 0 Å². The van der Waals surface area contributed by atoms with Crippen molar-refractivity contribution in [2.75, 3.05) is 26.2 Å². The molecule has 1 amide bonds. The van der Waals surface area contributed by atoms with E-state index < -0.39 is 0 Å². The summed E-state index contributed by atoms with van der Waals surface area (Å²) in [6, 6.07) is 0.379. The molecule has 0 aliphatic carbocycles. The first-order valence-electron chi connectivity index (χ1n) is 6.97. The summed E-state index contributed by atoms with van der Waals surface area (Å²) >= 11 is 0. The zero-order valence-electron chi connectivity index (χ0n) is 10.9. The quantitative estimate of drug-likeness (QED) is 0.776. The van der Waals surface area contributed by atoms with Gasteiger partial charge in [-0.15, -0.1) is 0 Å². The zero-order chi connectivity index (χ0) is 12.3. The number of piperidine rings is 2. The van der Waals surface area contributed by atoms with E-state index in [9.17, 15) is 4.79 Å². The Balaban J connectivity index is 1.85. The van der Waals surface area contributed by atoms with Gasteiger partial charge in [-0.1, -0.05) is 0 Å². The molecule has 2 heterocycles. The van der Waals surface area contributed by atoms with Crippen LogP contribution in [-0.4, -0.2) is 54.0 Å². The van der Waals surface area contributed by atoms with E-state index in [1.807, 2.05) is 11.8 Å². The lowest BCUT2D eigenvalue weighted by Gasteiger charge is -2.37. The van der Waals surface area contributed by atoms with Gasteiger partial charge in [-0.05, 0) is 39.0 Å². The van der Waals surface area contributed by atoms with Crippen LogP contribution in [0, 0.1) is 0 Å². The minimum absolute atomic E-state index is 0.0422. The highest BCUT2D eigenvalue weighted by Gasteiger charge is 2.28. The molecule has 2 aliphatic rings. The number of hydrogen-bond acceptors (Lipinski definition) is 3. The van der Waals surface area contributed by atoms with Crippen LogP contribution >= 0.6 is 0 Å². The number of carbonyl (C=O) groups excluding carboxylic acids is 1. The van der Waals surface area contributed by atoms with E-state index in [4.69, 9.17) is 5.73 Å². The van der Waals surface area contributed by atoms with Gasteiger partial charge in [-0.2, -0.15) is 0 Å². The Morgan fingerprint density at radius 2 is 1.71 bits per heavy atom. The number of rotatable bonds is 2. The summed E-state index contributed by atoms with van der Waals surface area (Å²) in [6.07, 6.45) is 5.67. The third kappa shape index (κ3) is 3.19. The van der Waals surface area contributed by atoms with Gasteiger partial charge in [0.2, 0.25) is 5.91 Å². The topological polar surface area (TPSA) is 49.6 Å². The van der Waals surface area contributed by atoms with Crippen molar-refractivity contribution >= 4 is 5.91 Å². The molecular formula is C13H25N3O. The predicted octanol–water partition coefficient (Wildman–Crippen LogP) is 0.811. The molecule has 98 valence electrons. The van der Waals surface area contributed by atoms with Crippen molar-refractivity contribution in [3.8, 4) is 0 Å². The Bertz CT molecular complexity index is 255. The van der Waals surface area contributed by atoms with Crippen LogP contribution in [0.2, 0.25) is 0 Å². The second-order valence-electron chi connectivity index (χ2n) is 5.44. The SMILES string of the molecule is CC(C(=O)N1CCCCC1)N1CCC(N)CC1. The molecule has 1 unspecified atom stereocenters. The van der Waals surface area contributed by atoms with Crippen LogP contribution in [0.3, 0.4) is 0 Å². The Labute approximate surface area is 104 Å². The molecule has 2 N–H and O–H groups in total. The van der Waals surface area contributed by atoms with E-state index >= 15 is 0 Å². The van der Waals surface area contributed by atoms with E-state index in [0.29, 0.717) is 11.9 Å². The molecule has 2 fully saturated rings. The predicted molar refractivity (Wildman–Crippen MR) is 68.7 cm³/mol. The van der Waals surface area contributed by atoms with Crippen molar-refractivity contribution < 1.29 is 4.79 Å². The van der Waals surface area contributed by atoms with Gasteiger partial charge in [0.05, 0.1) is 6.04 Å². The van der Waals surface area contributed by atoms with E-state index in [1.54, 1.807) is 0 Å². The molecule has 0 radical (unpaired) electrons. The van der Waals surface area contributed by atoms with Crippen molar-refractivity contribution in [2.24, 2.45) is 5.73 Å². The molecule has 0 bridgehead atoms. The summed E-state index contributed by atoms with van der Waals surface area (Å²) in [7, 11) is 0. The fraction of sp³-hybridized carbons (Fsp3) is 0.923. The van der Waals surface area contributed by atoms with E-state index in [1.165, 1.54) is 19.3 Å². The van der Waals surface area contributed by atoms with Crippen molar-refractivity contribution in [3.05, 3.63) is 0 Å². The molecule has 4 heteroatoms. The van der Waals surface area contributed by atoms with Crippen LogP contribution in [0.5, 0.6) is 0 Å². The zero-order valence-corrected chi connectivity index (χ0v) is 10.9. The summed E-state index contributed by atoms with van der Waals surface area (Å²) in [5.74, 6) is 0.320. The molecule has 2 saturated heterocycles. The van der Waals surface area contributed by atoms with Crippen LogP contribution in [0.4, 0.5) is 0 Å². The van der Waals surface area contributed by atoms with Crippen LogP contribution in [-0.2, 0) is 4.79 Å². The summed E-state index contributed by atoms with van der Waals surface area (Å²) in [6.45, 7) is 5.91. The lowest BCUT2D eigenvalue weighted by Crippen LogP contribution is -2.52. The normalized spacial score (nSPS) is 25.9. The molecule has 17 heavy (non-hydrogen) atoms. The average Bonchev–Trinajstić information content (AvgIpc) is 2.39. The lowest BCUT2D eigenvalue weighted by atomic mass is 10.0. The molecule has 0 spiro atoms. The molecule has 0 aromatic heterocycles. The average molecular weight is 239 g/mol. The van der Waals surface area contributed by atoms with Crippen molar-refractivity contribution in [1.29, 1.82) is 0 Å². The number of carbonyl (C=O) groups is 1. The lowest BCUT2D eigenvalue weighted by molar-refractivity contribution is -0.137. The first-order valence-corrected chi connectivity index (χ1v) is 6.97. The summed E-state index contributed by atoms with van der Waals surface area (Å²) in [5, 5.41) is 0. The van der Waals surface area contributed by atoms with Gasteiger partial charge in [0.1, 0.15) is 0 Å². The van der Waals surface area contributed by atoms with Gasteiger partial charge in [0.25, 0.3) is 0 Å². The highest BCUT2D eigenvalue weighted by molar-refractivity contribution is 5.81. The minimum Gasteiger partial charge on any atom is -0.341 e. The first kappa shape index (κ1) is 12.8. The first-order chi connectivity index (χ1) is 8.18. The van der Waals surface area contributed by atoms with Gasteiger partial charge >= 0.3 is 0 Å². The van der Waals surface area contributed by atoms with Crippen molar-refractivity contribution in [3.63, 3.8) is 0 Å². The van der Waals surface area contributed by atoms with Crippen LogP contribution in [0.25, 0.3) is 0 Å². The number of likely N-dealkylation sites (tertiary alicyclic amines) is 2. The largest absolute Gasteiger partial charge is 0.341 e. The molecule has 4 nitrogen and oxygen atoms in total. The van der Waals surface area contributed by atoms with E-state index in [0.717, 1.165) is 39.0 Å². The third-order valence-electron chi connectivity index (χ3n) is 4.15. The second kappa shape index (κ2) is 5.83. The van der Waals surface area contributed by atoms with E-state index in [2.05, 4.69) is 4.90 Å². The second-order valence-corrected chi connectivity index (χ2v) is 5.44. The Morgan fingerprint density at radius 1 is 1.12 bits per heavy atom.